The van der Waals surface area contributed by atoms with Crippen LogP contribution in [0.2, 0.25) is 0 Å². The molecule has 0 unspecified atom stereocenters. The molecule has 1 aromatic carbocycles. The predicted octanol–water partition coefficient (Wildman–Crippen LogP) is 4.84. The minimum Gasteiger partial charge on any atom is -0.488 e. The molecule has 0 aliphatic heterocycles. The summed E-state index contributed by atoms with van der Waals surface area (Å²) >= 11 is 5.24. The second-order valence-corrected chi connectivity index (χ2v) is 6.97. The summed E-state index contributed by atoms with van der Waals surface area (Å²) < 4.78 is 7.08. The van der Waals surface area contributed by atoms with Crippen molar-refractivity contribution in [2.24, 2.45) is 5.92 Å². The molecule has 1 aromatic heterocycles. The van der Waals surface area contributed by atoms with Crippen LogP contribution in [0, 0.1) is 5.92 Å². The number of nitrogens with one attached hydrogen (secondary N) is 1. The molecule has 0 atom stereocenters. The number of ether oxygens (including phenoxy) is 1. The average molecular weight is 354 g/mol. The highest BCUT2D eigenvalue weighted by molar-refractivity contribution is 9.10. The maximum atomic E-state index is 5.96. The van der Waals surface area contributed by atoms with Gasteiger partial charge in [-0.25, -0.2) is 0 Å². The highest BCUT2D eigenvalue weighted by Gasteiger charge is 2.06. The Bertz CT molecular complexity index is 539. The van der Waals surface area contributed by atoms with Crippen LogP contribution in [0.5, 0.6) is 5.75 Å². The van der Waals surface area contributed by atoms with Crippen molar-refractivity contribution in [2.45, 2.75) is 27.0 Å². The standard InChI is InChI=1S/C16H20BrNOS/c1-12(2)9-18-10-13-5-3-4-6-15(13)19-11-16-14(17)7-8-20-16/h3-8,12,18H,9-11H2,1-2H3. The number of rotatable bonds is 7. The van der Waals surface area contributed by atoms with E-state index in [1.165, 1.54) is 10.4 Å². The van der Waals surface area contributed by atoms with E-state index in [-0.39, 0.29) is 0 Å². The quantitative estimate of drug-likeness (QED) is 0.769. The zero-order valence-corrected chi connectivity index (χ0v) is 14.3. The third-order valence-corrected chi connectivity index (χ3v) is 4.79. The van der Waals surface area contributed by atoms with Crippen molar-refractivity contribution in [3.8, 4) is 5.75 Å². The lowest BCUT2D eigenvalue weighted by Gasteiger charge is -2.13. The minimum atomic E-state index is 0.611. The van der Waals surface area contributed by atoms with Gasteiger partial charge in [-0.05, 0) is 45.9 Å². The van der Waals surface area contributed by atoms with Gasteiger partial charge < -0.3 is 10.1 Å². The van der Waals surface area contributed by atoms with Crippen LogP contribution >= 0.6 is 27.3 Å². The van der Waals surface area contributed by atoms with Crippen molar-refractivity contribution >= 4 is 27.3 Å². The van der Waals surface area contributed by atoms with Gasteiger partial charge in [-0.15, -0.1) is 11.3 Å². The van der Waals surface area contributed by atoms with Crippen LogP contribution in [0.25, 0.3) is 0 Å². The Hall–Kier alpha value is -0.840. The third kappa shape index (κ3) is 4.62. The van der Waals surface area contributed by atoms with Gasteiger partial charge >= 0.3 is 0 Å². The predicted molar refractivity (Wildman–Crippen MR) is 89.3 cm³/mol. The van der Waals surface area contributed by atoms with Crippen LogP contribution in [0.3, 0.4) is 0 Å². The first kappa shape index (κ1) is 15.5. The molecule has 0 amide bonds. The Balaban J connectivity index is 1.95. The molecule has 0 aliphatic rings. The van der Waals surface area contributed by atoms with Crippen molar-refractivity contribution in [2.75, 3.05) is 6.54 Å². The van der Waals surface area contributed by atoms with Crippen LogP contribution in [-0.4, -0.2) is 6.54 Å². The summed E-state index contributed by atoms with van der Waals surface area (Å²) in [4.78, 5) is 1.22. The molecule has 0 spiro atoms. The molecule has 2 aromatic rings. The fourth-order valence-corrected chi connectivity index (χ4v) is 3.24. The highest BCUT2D eigenvalue weighted by atomic mass is 79.9. The largest absolute Gasteiger partial charge is 0.488 e. The summed E-state index contributed by atoms with van der Waals surface area (Å²) in [5, 5.41) is 5.53. The molecule has 0 aliphatic carbocycles. The van der Waals surface area contributed by atoms with E-state index in [1.807, 2.05) is 12.1 Å². The van der Waals surface area contributed by atoms with Gasteiger partial charge in [-0.2, -0.15) is 0 Å². The molecule has 0 saturated carbocycles. The molecular formula is C16H20BrNOS. The first-order valence-corrected chi connectivity index (χ1v) is 8.47. The van der Waals surface area contributed by atoms with E-state index in [9.17, 15) is 0 Å². The lowest BCUT2D eigenvalue weighted by molar-refractivity contribution is 0.305. The van der Waals surface area contributed by atoms with Gasteiger partial charge in [0.1, 0.15) is 12.4 Å². The molecule has 2 nitrogen and oxygen atoms in total. The maximum absolute atomic E-state index is 5.96. The van der Waals surface area contributed by atoms with Gasteiger partial charge in [0, 0.05) is 16.6 Å². The van der Waals surface area contributed by atoms with E-state index in [0.717, 1.165) is 23.3 Å². The lowest BCUT2D eigenvalue weighted by atomic mass is 10.2. The van der Waals surface area contributed by atoms with Gasteiger partial charge in [0.2, 0.25) is 0 Å². The van der Waals surface area contributed by atoms with Crippen molar-refractivity contribution in [1.29, 1.82) is 0 Å². The Morgan fingerprint density at radius 2 is 2.05 bits per heavy atom. The van der Waals surface area contributed by atoms with E-state index < -0.39 is 0 Å². The van der Waals surface area contributed by atoms with Gasteiger partial charge in [-0.3, -0.25) is 0 Å². The number of thiophene rings is 1. The van der Waals surface area contributed by atoms with Crippen LogP contribution in [0.4, 0.5) is 0 Å². The number of para-hydroxylation sites is 1. The normalized spacial score (nSPS) is 11.0. The first-order valence-electron chi connectivity index (χ1n) is 6.80. The van der Waals surface area contributed by atoms with Crippen LogP contribution in [0.1, 0.15) is 24.3 Å². The Morgan fingerprint density at radius 3 is 2.75 bits per heavy atom. The molecule has 2 rings (SSSR count). The number of hydrogen-bond acceptors (Lipinski definition) is 3. The summed E-state index contributed by atoms with van der Waals surface area (Å²) in [6.07, 6.45) is 0. The van der Waals surface area contributed by atoms with Crippen molar-refractivity contribution in [3.05, 3.63) is 50.6 Å². The van der Waals surface area contributed by atoms with E-state index in [1.54, 1.807) is 11.3 Å². The summed E-state index contributed by atoms with van der Waals surface area (Å²) in [6, 6.07) is 10.3. The van der Waals surface area contributed by atoms with Crippen molar-refractivity contribution in [1.82, 2.24) is 5.32 Å². The van der Waals surface area contributed by atoms with Crippen molar-refractivity contribution in [3.63, 3.8) is 0 Å². The molecule has 108 valence electrons. The number of benzene rings is 1. The minimum absolute atomic E-state index is 0.611. The third-order valence-electron chi connectivity index (χ3n) is 2.89. The fraction of sp³-hybridized carbons (Fsp3) is 0.375. The van der Waals surface area contributed by atoms with E-state index in [4.69, 9.17) is 4.74 Å². The molecule has 20 heavy (non-hydrogen) atoms. The van der Waals surface area contributed by atoms with Gasteiger partial charge in [0.25, 0.3) is 0 Å². The monoisotopic (exact) mass is 353 g/mol. The highest BCUT2D eigenvalue weighted by Crippen LogP contribution is 2.25. The van der Waals surface area contributed by atoms with Crippen LogP contribution in [-0.2, 0) is 13.2 Å². The van der Waals surface area contributed by atoms with Gasteiger partial charge in [0.05, 0.1) is 4.88 Å². The summed E-state index contributed by atoms with van der Waals surface area (Å²) in [5.74, 6) is 1.62. The summed E-state index contributed by atoms with van der Waals surface area (Å²) in [6.45, 7) is 6.90. The topological polar surface area (TPSA) is 21.3 Å². The zero-order valence-electron chi connectivity index (χ0n) is 11.9. The van der Waals surface area contributed by atoms with Gasteiger partial charge in [0.15, 0.2) is 0 Å². The lowest BCUT2D eigenvalue weighted by Crippen LogP contribution is -2.19. The average Bonchev–Trinajstić information content (AvgIpc) is 2.83. The molecule has 4 heteroatoms. The van der Waals surface area contributed by atoms with E-state index in [0.29, 0.717) is 12.5 Å². The maximum Gasteiger partial charge on any atom is 0.124 e. The number of halogens is 1. The molecular weight excluding hydrogens is 334 g/mol. The second-order valence-electron chi connectivity index (χ2n) is 5.11. The fourth-order valence-electron chi connectivity index (χ4n) is 1.86. The molecule has 0 bridgehead atoms. The van der Waals surface area contributed by atoms with Crippen LogP contribution in [0.15, 0.2) is 40.2 Å². The summed E-state index contributed by atoms with van der Waals surface area (Å²) in [5.41, 5.74) is 1.21. The van der Waals surface area contributed by atoms with Crippen molar-refractivity contribution < 1.29 is 4.74 Å². The van der Waals surface area contributed by atoms with Gasteiger partial charge in [-0.1, -0.05) is 32.0 Å². The Kier molecular flexibility index (Phi) is 6.07. The molecule has 0 radical (unpaired) electrons. The SMILES string of the molecule is CC(C)CNCc1ccccc1OCc1sccc1Br. The molecule has 1 heterocycles. The van der Waals surface area contributed by atoms with E-state index in [2.05, 4.69) is 58.7 Å². The number of hydrogen-bond donors (Lipinski definition) is 1. The van der Waals surface area contributed by atoms with Crippen LogP contribution < -0.4 is 10.1 Å². The Morgan fingerprint density at radius 1 is 1.25 bits per heavy atom. The molecule has 0 fully saturated rings. The first-order chi connectivity index (χ1) is 9.66. The zero-order chi connectivity index (χ0) is 14.4. The molecule has 0 saturated heterocycles. The van der Waals surface area contributed by atoms with E-state index >= 15 is 0 Å². The second kappa shape index (κ2) is 7.81. The molecule has 1 N–H and O–H groups in total. The summed E-state index contributed by atoms with van der Waals surface area (Å²) in [7, 11) is 0. The smallest absolute Gasteiger partial charge is 0.124 e. The Labute approximate surface area is 133 Å².